The molecular weight excluding hydrogens is 364 g/mol. The highest BCUT2D eigenvalue weighted by molar-refractivity contribution is 7.80. The number of benzene rings is 2. The van der Waals surface area contributed by atoms with E-state index in [1.165, 1.54) is 5.56 Å². The van der Waals surface area contributed by atoms with Crippen LogP contribution < -0.4 is 10.2 Å². The monoisotopic (exact) mass is 388 g/mol. The summed E-state index contributed by atoms with van der Waals surface area (Å²) < 4.78 is 0. The number of hydrogen-bond acceptors (Lipinski definition) is 4. The topological polar surface area (TPSA) is 41.0 Å². The lowest BCUT2D eigenvalue weighted by molar-refractivity contribution is 0.211. The fraction of sp³-hybridized carbons (Fsp3) is 0.261. The molecule has 0 unspecified atom stereocenters. The number of hydrogen-bond donors (Lipinski definition) is 1. The highest BCUT2D eigenvalue weighted by Crippen LogP contribution is 2.45. The average Bonchev–Trinajstić information content (AvgIpc) is 2.93. The minimum atomic E-state index is -0.107. The van der Waals surface area contributed by atoms with E-state index in [4.69, 9.17) is 12.2 Å². The number of thiocarbonyl (C=S) groups is 1. The van der Waals surface area contributed by atoms with Crippen LogP contribution in [0.2, 0.25) is 0 Å². The smallest absolute Gasteiger partial charge is 0.169 e. The summed E-state index contributed by atoms with van der Waals surface area (Å²) in [4.78, 5) is 2.83. The molecule has 1 aliphatic carbocycles. The first-order valence-corrected chi connectivity index (χ1v) is 9.95. The highest BCUT2D eigenvalue weighted by Gasteiger charge is 2.53. The quantitative estimate of drug-likeness (QED) is 0.594. The Balaban J connectivity index is 0.000000233. The fourth-order valence-corrected chi connectivity index (χ4v) is 4.48. The Bertz CT molecular complexity index is 1020. The number of aryl methyl sites for hydroxylation is 1. The Kier molecular flexibility index (Phi) is 4.85. The highest BCUT2D eigenvalue weighted by atomic mass is 32.1. The summed E-state index contributed by atoms with van der Waals surface area (Å²) in [6.45, 7) is 8.46. The lowest BCUT2D eigenvalue weighted by Crippen LogP contribution is -2.55. The van der Waals surface area contributed by atoms with E-state index in [9.17, 15) is 0 Å². The van der Waals surface area contributed by atoms with Gasteiger partial charge in [-0.25, -0.2) is 0 Å². The normalized spacial score (nSPS) is 23.2. The molecule has 4 nitrogen and oxygen atoms in total. The molecule has 1 N–H and O–H groups in total. The number of fused-ring (bicyclic) bond motifs is 1. The van der Waals surface area contributed by atoms with Crippen LogP contribution in [0.3, 0.4) is 0 Å². The van der Waals surface area contributed by atoms with Crippen molar-refractivity contribution in [2.45, 2.75) is 32.2 Å². The van der Waals surface area contributed by atoms with Crippen LogP contribution in [0.5, 0.6) is 0 Å². The Labute approximate surface area is 171 Å². The lowest BCUT2D eigenvalue weighted by atomic mass is 9.69. The van der Waals surface area contributed by atoms with Gasteiger partial charge in [0.1, 0.15) is 10.8 Å². The van der Waals surface area contributed by atoms with Crippen molar-refractivity contribution in [3.8, 4) is 0 Å². The van der Waals surface area contributed by atoms with Crippen molar-refractivity contribution in [3.63, 3.8) is 0 Å². The molecule has 142 valence electrons. The molecule has 1 aliphatic heterocycles. The maximum absolute atomic E-state index is 5.74. The molecule has 5 heteroatoms. The summed E-state index contributed by atoms with van der Waals surface area (Å²) >= 11 is 5.74. The van der Waals surface area contributed by atoms with Crippen molar-refractivity contribution < 1.29 is 0 Å². The summed E-state index contributed by atoms with van der Waals surface area (Å²) in [5.74, 6) is 2.27. The Morgan fingerprint density at radius 3 is 2.43 bits per heavy atom. The van der Waals surface area contributed by atoms with Gasteiger partial charge in [-0.3, -0.25) is 4.90 Å². The van der Waals surface area contributed by atoms with Gasteiger partial charge in [-0.2, -0.15) is 5.10 Å². The molecular formula is C23H24N4S. The van der Waals surface area contributed by atoms with E-state index in [1.54, 1.807) is 6.20 Å². The van der Waals surface area contributed by atoms with E-state index in [-0.39, 0.29) is 5.54 Å². The molecule has 3 aromatic rings. The van der Waals surface area contributed by atoms with Gasteiger partial charge in [0.2, 0.25) is 0 Å². The zero-order chi connectivity index (χ0) is 19.7. The number of rotatable bonds is 1. The standard InChI is InChI=1S/C16H16N4S.C7H8/c1-10-7-16(8-10)15(21)20(11(2)18-16)14-13-6-4-3-5-12(13)9-17-19-14;1-7-5-3-2-4-6-7/h3-6,9-10,18H,2,7-8H2,1H3;2-6H,1H3. The molecule has 1 saturated carbocycles. The van der Waals surface area contributed by atoms with E-state index < -0.39 is 0 Å². The number of aromatic nitrogens is 2. The van der Waals surface area contributed by atoms with Crippen molar-refractivity contribution in [2.24, 2.45) is 5.92 Å². The van der Waals surface area contributed by atoms with Gasteiger partial charge in [0.05, 0.1) is 11.7 Å². The van der Waals surface area contributed by atoms with Gasteiger partial charge in [-0.1, -0.05) is 85.9 Å². The zero-order valence-corrected chi connectivity index (χ0v) is 17.0. The molecule has 1 saturated heterocycles. The third kappa shape index (κ3) is 3.27. The largest absolute Gasteiger partial charge is 0.360 e. The molecule has 0 bridgehead atoms. The first-order chi connectivity index (χ1) is 13.5. The Morgan fingerprint density at radius 2 is 1.79 bits per heavy atom. The molecule has 28 heavy (non-hydrogen) atoms. The van der Waals surface area contributed by atoms with Crippen LogP contribution in [-0.2, 0) is 0 Å². The van der Waals surface area contributed by atoms with Crippen molar-refractivity contribution in [3.05, 3.63) is 78.8 Å². The SMILES string of the molecule is C=C1NC2(CC(C)C2)C(=S)N1c1nncc2ccccc12.Cc1ccccc1. The van der Waals surface area contributed by atoms with Gasteiger partial charge in [-0.15, -0.1) is 5.10 Å². The first-order valence-electron chi connectivity index (χ1n) is 9.54. The van der Waals surface area contributed by atoms with Crippen LogP contribution in [-0.4, -0.2) is 20.7 Å². The van der Waals surface area contributed by atoms with Gasteiger partial charge in [0.15, 0.2) is 5.82 Å². The van der Waals surface area contributed by atoms with E-state index in [0.29, 0.717) is 5.92 Å². The summed E-state index contributed by atoms with van der Waals surface area (Å²) in [7, 11) is 0. The predicted molar refractivity (Wildman–Crippen MR) is 119 cm³/mol. The zero-order valence-electron chi connectivity index (χ0n) is 16.2. The second-order valence-corrected chi connectivity index (χ2v) is 8.10. The van der Waals surface area contributed by atoms with Crippen LogP contribution >= 0.6 is 12.2 Å². The minimum Gasteiger partial charge on any atom is -0.360 e. The molecule has 2 heterocycles. The van der Waals surface area contributed by atoms with Gasteiger partial charge in [0.25, 0.3) is 0 Å². The van der Waals surface area contributed by atoms with Gasteiger partial charge >= 0.3 is 0 Å². The van der Waals surface area contributed by atoms with E-state index in [2.05, 4.69) is 48.1 Å². The molecule has 1 aromatic heterocycles. The lowest BCUT2D eigenvalue weighted by Gasteiger charge is -2.43. The summed E-state index contributed by atoms with van der Waals surface area (Å²) in [6, 6.07) is 18.3. The van der Waals surface area contributed by atoms with Crippen LogP contribution in [0.1, 0.15) is 25.3 Å². The molecule has 2 aliphatic rings. The van der Waals surface area contributed by atoms with Crippen LogP contribution in [0.15, 0.2) is 73.2 Å². The van der Waals surface area contributed by atoms with Gasteiger partial charge in [-0.05, 0) is 25.7 Å². The second-order valence-electron chi connectivity index (χ2n) is 7.72. The van der Waals surface area contributed by atoms with E-state index >= 15 is 0 Å². The summed E-state index contributed by atoms with van der Waals surface area (Å²) in [6.07, 6.45) is 3.88. The van der Waals surface area contributed by atoms with Crippen molar-refractivity contribution in [1.82, 2.24) is 15.5 Å². The first kappa shape index (κ1) is 18.6. The second kappa shape index (κ2) is 7.32. The fourth-order valence-electron chi connectivity index (χ4n) is 4.07. The minimum absolute atomic E-state index is 0.107. The molecule has 0 atom stereocenters. The van der Waals surface area contributed by atoms with E-state index in [1.807, 2.05) is 47.4 Å². The third-order valence-electron chi connectivity index (χ3n) is 5.36. The van der Waals surface area contributed by atoms with Gasteiger partial charge < -0.3 is 5.32 Å². The molecule has 0 radical (unpaired) electrons. The molecule has 1 spiro atoms. The number of nitrogens with zero attached hydrogens (tertiary/aromatic N) is 3. The molecule has 0 amide bonds. The predicted octanol–water partition coefficient (Wildman–Crippen LogP) is 5.00. The summed E-state index contributed by atoms with van der Waals surface area (Å²) in [5, 5.41) is 14.0. The molecule has 2 aromatic carbocycles. The number of nitrogens with one attached hydrogen (secondary N) is 1. The van der Waals surface area contributed by atoms with Crippen LogP contribution in [0.4, 0.5) is 5.82 Å². The molecule has 2 fully saturated rings. The Hall–Kier alpha value is -2.79. The van der Waals surface area contributed by atoms with Crippen LogP contribution in [0, 0.1) is 12.8 Å². The molecule has 5 rings (SSSR count). The average molecular weight is 389 g/mol. The van der Waals surface area contributed by atoms with E-state index in [0.717, 1.165) is 40.2 Å². The van der Waals surface area contributed by atoms with Crippen molar-refractivity contribution in [2.75, 3.05) is 4.90 Å². The third-order valence-corrected chi connectivity index (χ3v) is 5.94. The van der Waals surface area contributed by atoms with Crippen LogP contribution in [0.25, 0.3) is 10.8 Å². The Morgan fingerprint density at radius 1 is 1.11 bits per heavy atom. The van der Waals surface area contributed by atoms with Crippen molar-refractivity contribution >= 4 is 33.8 Å². The number of anilines is 1. The maximum Gasteiger partial charge on any atom is 0.169 e. The van der Waals surface area contributed by atoms with Crippen molar-refractivity contribution in [1.29, 1.82) is 0 Å². The maximum atomic E-state index is 5.74. The van der Waals surface area contributed by atoms with Gasteiger partial charge in [0, 0.05) is 10.8 Å². The summed E-state index contributed by atoms with van der Waals surface area (Å²) in [5.41, 5.74) is 1.22.